The molecule has 2 aliphatic heterocycles. The van der Waals surface area contributed by atoms with Crippen LogP contribution in [-0.2, 0) is 26.6 Å². The normalized spacial score (nSPS) is 25.1. The minimum atomic E-state index is -3.93. The van der Waals surface area contributed by atoms with Crippen molar-refractivity contribution in [1.29, 1.82) is 0 Å². The molecule has 0 radical (unpaired) electrons. The van der Waals surface area contributed by atoms with Gasteiger partial charge in [0.15, 0.2) is 0 Å². The van der Waals surface area contributed by atoms with Gasteiger partial charge in [-0.05, 0) is 86.4 Å². The highest BCUT2D eigenvalue weighted by atomic mass is 35.5. The molecule has 2 aromatic carbocycles. The second kappa shape index (κ2) is 13.3. The van der Waals surface area contributed by atoms with Crippen molar-refractivity contribution < 1.29 is 27.8 Å². The first-order valence-corrected chi connectivity index (χ1v) is 17.3. The molecule has 2 heterocycles. The van der Waals surface area contributed by atoms with Gasteiger partial charge < -0.3 is 19.5 Å². The van der Waals surface area contributed by atoms with Crippen molar-refractivity contribution in [2.45, 2.75) is 68.8 Å². The average Bonchev–Trinajstić information content (AvgIpc) is 3.40. The zero-order chi connectivity index (χ0) is 31.6. The number of hydrogen-bond acceptors (Lipinski definition) is 7. The number of benzene rings is 2. The number of rotatable bonds is 10. The number of sulfonamides is 1. The Labute approximate surface area is 266 Å². The van der Waals surface area contributed by atoms with E-state index >= 15 is 0 Å². The van der Waals surface area contributed by atoms with Crippen LogP contribution in [0.2, 0.25) is 5.02 Å². The van der Waals surface area contributed by atoms with Gasteiger partial charge in [0.1, 0.15) is 5.75 Å². The van der Waals surface area contributed by atoms with Gasteiger partial charge in [0.25, 0.3) is 5.91 Å². The minimum absolute atomic E-state index is 0.00402. The average molecular weight is 643 g/mol. The lowest BCUT2D eigenvalue weighted by Gasteiger charge is -2.41. The van der Waals surface area contributed by atoms with Crippen molar-refractivity contribution in [3.05, 3.63) is 83.4 Å². The van der Waals surface area contributed by atoms with E-state index in [0.717, 1.165) is 25.7 Å². The molecule has 1 unspecified atom stereocenters. The maximum Gasteiger partial charge on any atom is 0.264 e. The van der Waals surface area contributed by atoms with Crippen molar-refractivity contribution in [1.82, 2.24) is 4.72 Å². The van der Waals surface area contributed by atoms with Gasteiger partial charge in [-0.1, -0.05) is 36.7 Å². The van der Waals surface area contributed by atoms with Gasteiger partial charge in [-0.3, -0.25) is 4.79 Å². The van der Waals surface area contributed by atoms with Crippen LogP contribution in [0.3, 0.4) is 0 Å². The smallest absolute Gasteiger partial charge is 0.264 e. The first kappa shape index (κ1) is 32.5. The number of anilines is 1. The fraction of sp³-hybridized carbons (Fsp3) is 0.500. The van der Waals surface area contributed by atoms with Gasteiger partial charge >= 0.3 is 0 Å². The number of amides is 1. The molecule has 44 heavy (non-hydrogen) atoms. The van der Waals surface area contributed by atoms with E-state index in [1.807, 2.05) is 19.1 Å². The molecule has 10 heteroatoms. The number of halogens is 1. The molecule has 1 aliphatic carbocycles. The van der Waals surface area contributed by atoms with Gasteiger partial charge in [0.2, 0.25) is 10.0 Å². The molecule has 238 valence electrons. The largest absolute Gasteiger partial charge is 0.490 e. The highest BCUT2D eigenvalue weighted by molar-refractivity contribution is 7.90. The van der Waals surface area contributed by atoms with E-state index in [0.29, 0.717) is 49.2 Å². The van der Waals surface area contributed by atoms with Crippen LogP contribution in [0.25, 0.3) is 0 Å². The van der Waals surface area contributed by atoms with Gasteiger partial charge in [-0.15, -0.1) is 13.2 Å². The number of aryl methyl sites for hydroxylation is 1. The van der Waals surface area contributed by atoms with Crippen LogP contribution in [0, 0.1) is 11.8 Å². The number of allylic oxidation sites excluding steroid dienone is 1. The lowest BCUT2D eigenvalue weighted by molar-refractivity contribution is 0.00530. The van der Waals surface area contributed by atoms with Crippen LogP contribution < -0.4 is 14.4 Å². The molecule has 2 aromatic rings. The summed E-state index contributed by atoms with van der Waals surface area (Å²) in [6, 6.07) is 11.2. The topological polar surface area (TPSA) is 105 Å². The molecule has 8 nitrogen and oxygen atoms in total. The number of carbonyl (C=O) groups is 1. The third kappa shape index (κ3) is 6.57. The van der Waals surface area contributed by atoms with Crippen LogP contribution in [0.5, 0.6) is 5.75 Å². The summed E-state index contributed by atoms with van der Waals surface area (Å²) >= 11 is 6.38. The summed E-state index contributed by atoms with van der Waals surface area (Å²) in [6.07, 6.45) is 6.11. The summed E-state index contributed by atoms with van der Waals surface area (Å²) in [5, 5.41) is 10.6. The van der Waals surface area contributed by atoms with E-state index in [1.165, 1.54) is 17.2 Å². The van der Waals surface area contributed by atoms with E-state index in [4.69, 9.17) is 21.1 Å². The Balaban J connectivity index is 1.50. The number of nitrogens with zero attached hydrogens (tertiary/aromatic N) is 1. The highest BCUT2D eigenvalue weighted by Gasteiger charge is 2.43. The summed E-state index contributed by atoms with van der Waals surface area (Å²) < 4.78 is 40.9. The fourth-order valence-corrected chi connectivity index (χ4v) is 8.42. The molecule has 2 N–H and O–H groups in total. The van der Waals surface area contributed by atoms with E-state index in [9.17, 15) is 18.3 Å². The quantitative estimate of drug-likeness (QED) is 0.333. The molecule has 0 saturated carbocycles. The van der Waals surface area contributed by atoms with E-state index < -0.39 is 33.4 Å². The molecule has 0 aromatic heterocycles. The molecule has 1 spiro atoms. The molecular formula is C34H43ClN2O6S. The number of aliphatic hydroxyl groups excluding tert-OH is 1. The first-order chi connectivity index (χ1) is 21.0. The van der Waals surface area contributed by atoms with Crippen LogP contribution in [0.15, 0.2) is 61.7 Å². The van der Waals surface area contributed by atoms with Gasteiger partial charge in [0, 0.05) is 41.6 Å². The second-order valence-corrected chi connectivity index (χ2v) is 15.1. The Hall–Kier alpha value is -2.85. The summed E-state index contributed by atoms with van der Waals surface area (Å²) in [6.45, 7) is 13.0. The SMILES string of the molecule is C=CC[C@H](C)[C@@H](C)S(=O)(=O)NC(=O)c1ccc2c(c1)N(C[C@@H]1CCO[C@H]1C(O)C=C)C[C@@]1(CCCc3cc(Cl)ccc31)CO2. The number of hydrogen-bond donors (Lipinski definition) is 2. The molecule has 1 fully saturated rings. The van der Waals surface area contributed by atoms with Gasteiger partial charge in [-0.2, -0.15) is 0 Å². The van der Waals surface area contributed by atoms with E-state index in [2.05, 4.69) is 28.8 Å². The van der Waals surface area contributed by atoms with Crippen molar-refractivity contribution in [2.75, 3.05) is 31.2 Å². The molecule has 3 aliphatic rings. The Bertz CT molecular complexity index is 1510. The predicted octanol–water partition coefficient (Wildman–Crippen LogP) is 5.43. The monoisotopic (exact) mass is 642 g/mol. The Kier molecular flexibility index (Phi) is 9.80. The number of fused-ring (bicyclic) bond motifs is 3. The first-order valence-electron chi connectivity index (χ1n) is 15.4. The molecule has 1 saturated heterocycles. The predicted molar refractivity (Wildman–Crippen MR) is 174 cm³/mol. The Morgan fingerprint density at radius 3 is 2.80 bits per heavy atom. The van der Waals surface area contributed by atoms with Crippen LogP contribution in [0.4, 0.5) is 5.69 Å². The molecule has 5 rings (SSSR count). The summed E-state index contributed by atoms with van der Waals surface area (Å²) in [4.78, 5) is 15.6. The lowest BCUT2D eigenvalue weighted by Crippen LogP contribution is -2.48. The van der Waals surface area contributed by atoms with Gasteiger partial charge in [0.05, 0.1) is 29.8 Å². The lowest BCUT2D eigenvalue weighted by atomic mass is 9.70. The second-order valence-electron chi connectivity index (χ2n) is 12.6. The zero-order valence-electron chi connectivity index (χ0n) is 25.5. The summed E-state index contributed by atoms with van der Waals surface area (Å²) in [5.41, 5.74) is 3.03. The Morgan fingerprint density at radius 2 is 2.05 bits per heavy atom. The number of aliphatic hydroxyl groups is 1. The summed E-state index contributed by atoms with van der Waals surface area (Å²) in [5.74, 6) is -0.267. The van der Waals surface area contributed by atoms with Crippen molar-refractivity contribution in [3.8, 4) is 5.75 Å². The van der Waals surface area contributed by atoms with Crippen LogP contribution in [-0.4, -0.2) is 63.2 Å². The number of carbonyl (C=O) groups excluding carboxylic acids is 1. The zero-order valence-corrected chi connectivity index (χ0v) is 27.1. The van der Waals surface area contributed by atoms with Crippen molar-refractivity contribution in [3.63, 3.8) is 0 Å². The molecule has 1 amide bonds. The standard InChI is InChI=1S/C34H43ClN2O6S/c1-5-8-22(3)23(4)44(40,41)36-33(39)25-10-13-31-29(18-25)37(19-26-14-16-42-32(26)30(38)6-2)20-34(21-43-31)15-7-9-24-17-27(35)11-12-28(24)34/h5-6,10-13,17-18,22-23,26,30,32,38H,1-2,7-9,14-16,19-21H2,3-4H3,(H,36,39)/t22-,23+,26-,30?,32+,34-/m0/s1. The molecule has 6 atom stereocenters. The maximum atomic E-state index is 13.4. The molecule has 0 bridgehead atoms. The fourth-order valence-electron chi connectivity index (χ4n) is 6.94. The number of ether oxygens (including phenoxy) is 2. The number of nitrogens with one attached hydrogen (secondary N) is 1. The van der Waals surface area contributed by atoms with Crippen LogP contribution >= 0.6 is 11.6 Å². The highest BCUT2D eigenvalue weighted by Crippen LogP contribution is 2.45. The van der Waals surface area contributed by atoms with Crippen molar-refractivity contribution >= 4 is 33.2 Å². The molecular weight excluding hydrogens is 600 g/mol. The van der Waals surface area contributed by atoms with E-state index in [1.54, 1.807) is 31.2 Å². The minimum Gasteiger partial charge on any atom is -0.490 e. The van der Waals surface area contributed by atoms with E-state index in [-0.39, 0.29) is 22.8 Å². The summed E-state index contributed by atoms with van der Waals surface area (Å²) in [7, 11) is -3.93. The third-order valence-electron chi connectivity index (χ3n) is 9.66. The third-order valence-corrected chi connectivity index (χ3v) is 11.8. The van der Waals surface area contributed by atoms with Crippen molar-refractivity contribution in [2.24, 2.45) is 11.8 Å². The Morgan fingerprint density at radius 1 is 1.25 bits per heavy atom. The van der Waals surface area contributed by atoms with Gasteiger partial charge in [-0.25, -0.2) is 13.1 Å². The maximum absolute atomic E-state index is 13.4. The van der Waals surface area contributed by atoms with Crippen LogP contribution in [0.1, 0.15) is 61.0 Å².